The quantitative estimate of drug-likeness (QED) is 0.495. The van der Waals surface area contributed by atoms with Gasteiger partial charge in [-0.1, -0.05) is 0 Å². The molecule has 5 N–H and O–H groups in total. The molecule has 2 aliphatic carbocycles. The van der Waals surface area contributed by atoms with E-state index < -0.39 is 34.3 Å². The van der Waals surface area contributed by atoms with Gasteiger partial charge >= 0.3 is 0 Å². The smallest absolute Gasteiger partial charge is 0.213 e. The summed E-state index contributed by atoms with van der Waals surface area (Å²) in [6.45, 7) is 5.01. The van der Waals surface area contributed by atoms with Gasteiger partial charge in [0.25, 0.3) is 0 Å². The van der Waals surface area contributed by atoms with Crippen LogP contribution >= 0.6 is 0 Å². The minimum Gasteiger partial charge on any atom is -0.507 e. The van der Waals surface area contributed by atoms with E-state index in [4.69, 9.17) is 0 Å². The summed E-state index contributed by atoms with van der Waals surface area (Å²) in [5.74, 6) is -2.05. The van der Waals surface area contributed by atoms with E-state index in [1.165, 1.54) is 13.8 Å². The van der Waals surface area contributed by atoms with Gasteiger partial charge in [-0.25, -0.2) is 0 Å². The van der Waals surface area contributed by atoms with Crippen molar-refractivity contribution in [3.05, 3.63) is 34.0 Å². The number of rotatable bonds is 2. The Labute approximate surface area is 144 Å². The fourth-order valence-corrected chi connectivity index (χ4v) is 3.46. The number of carbonyl (C=O) groups excluding carboxylic acids is 2. The Morgan fingerprint density at radius 2 is 1.48 bits per heavy atom. The SMILES string of the molecule is CCNC1=CC(=O)c2c(O)c3c(c(O)c2C1=O)C[C@](C)(O)[C@](C)(O)C3. The predicted molar refractivity (Wildman–Crippen MR) is 88.8 cm³/mol. The predicted octanol–water partition coefficient (Wildman–Crippen LogP) is 0.571. The maximum absolute atomic E-state index is 12.6. The van der Waals surface area contributed by atoms with Gasteiger partial charge in [0, 0.05) is 36.6 Å². The number of aliphatic hydroxyl groups is 2. The number of phenols is 2. The van der Waals surface area contributed by atoms with Crippen LogP contribution in [0.2, 0.25) is 0 Å². The number of nitrogens with one attached hydrogen (secondary N) is 1. The van der Waals surface area contributed by atoms with Crippen molar-refractivity contribution in [3.8, 4) is 11.5 Å². The van der Waals surface area contributed by atoms with E-state index in [9.17, 15) is 30.0 Å². The molecular weight excluding hydrogens is 326 g/mol. The average molecular weight is 347 g/mol. The summed E-state index contributed by atoms with van der Waals surface area (Å²) in [4.78, 5) is 25.0. The first-order valence-electron chi connectivity index (χ1n) is 8.10. The lowest BCUT2D eigenvalue weighted by Gasteiger charge is -2.44. The van der Waals surface area contributed by atoms with Crippen LogP contribution in [-0.4, -0.2) is 49.7 Å². The van der Waals surface area contributed by atoms with Gasteiger partial charge in [0.15, 0.2) is 5.78 Å². The zero-order valence-corrected chi connectivity index (χ0v) is 14.3. The molecule has 0 unspecified atom stereocenters. The molecule has 0 saturated heterocycles. The highest BCUT2D eigenvalue weighted by atomic mass is 16.4. The minimum absolute atomic E-state index is 0.0456. The third-order valence-corrected chi connectivity index (χ3v) is 5.22. The molecule has 0 heterocycles. The third-order valence-electron chi connectivity index (χ3n) is 5.22. The number of fused-ring (bicyclic) bond motifs is 2. The van der Waals surface area contributed by atoms with Crippen molar-refractivity contribution in [1.29, 1.82) is 0 Å². The van der Waals surface area contributed by atoms with Crippen LogP contribution in [0.5, 0.6) is 11.5 Å². The van der Waals surface area contributed by atoms with Crippen LogP contribution in [0.25, 0.3) is 0 Å². The van der Waals surface area contributed by atoms with Gasteiger partial charge in [0.05, 0.1) is 28.0 Å². The van der Waals surface area contributed by atoms with E-state index in [1.54, 1.807) is 6.92 Å². The number of likely N-dealkylation sites (N-methyl/N-ethyl adjacent to an activating group) is 1. The summed E-state index contributed by atoms with van der Waals surface area (Å²) in [6.07, 6.45) is 0.772. The highest BCUT2D eigenvalue weighted by Gasteiger charge is 2.49. The van der Waals surface area contributed by atoms with Crippen LogP contribution in [0, 0.1) is 0 Å². The van der Waals surface area contributed by atoms with Crippen molar-refractivity contribution in [2.24, 2.45) is 0 Å². The summed E-state index contributed by atoms with van der Waals surface area (Å²) in [5.41, 5.74) is -3.27. The van der Waals surface area contributed by atoms with E-state index in [0.717, 1.165) is 6.08 Å². The van der Waals surface area contributed by atoms with Crippen molar-refractivity contribution in [2.45, 2.75) is 44.8 Å². The Hall–Kier alpha value is -2.38. The molecule has 134 valence electrons. The molecule has 1 aromatic carbocycles. The maximum atomic E-state index is 12.6. The zero-order valence-electron chi connectivity index (χ0n) is 14.3. The second-order valence-electron chi connectivity index (χ2n) is 7.09. The van der Waals surface area contributed by atoms with Crippen molar-refractivity contribution < 1.29 is 30.0 Å². The number of allylic oxidation sites excluding steroid dienone is 2. The zero-order chi connectivity index (χ0) is 18.7. The van der Waals surface area contributed by atoms with Crippen LogP contribution in [-0.2, 0) is 12.8 Å². The number of hydrogen-bond donors (Lipinski definition) is 5. The Bertz CT molecular complexity index is 835. The van der Waals surface area contributed by atoms with Gasteiger partial charge in [-0.2, -0.15) is 0 Å². The largest absolute Gasteiger partial charge is 0.507 e. The molecule has 3 rings (SSSR count). The molecule has 0 saturated carbocycles. The van der Waals surface area contributed by atoms with Crippen molar-refractivity contribution in [3.63, 3.8) is 0 Å². The van der Waals surface area contributed by atoms with Crippen LogP contribution in [0.3, 0.4) is 0 Å². The van der Waals surface area contributed by atoms with Gasteiger partial charge in [-0.05, 0) is 20.8 Å². The van der Waals surface area contributed by atoms with Crippen LogP contribution < -0.4 is 5.32 Å². The van der Waals surface area contributed by atoms with Crippen LogP contribution in [0.4, 0.5) is 0 Å². The van der Waals surface area contributed by atoms with Crippen molar-refractivity contribution in [1.82, 2.24) is 5.32 Å². The van der Waals surface area contributed by atoms with Crippen LogP contribution in [0.1, 0.15) is 52.6 Å². The fourth-order valence-electron chi connectivity index (χ4n) is 3.46. The van der Waals surface area contributed by atoms with Gasteiger partial charge in [0.2, 0.25) is 5.78 Å². The number of phenolic OH excluding ortho intramolecular Hbond substituents is 2. The fraction of sp³-hybridized carbons (Fsp3) is 0.444. The first kappa shape index (κ1) is 17.4. The topological polar surface area (TPSA) is 127 Å². The third kappa shape index (κ3) is 2.34. The average Bonchev–Trinajstić information content (AvgIpc) is 2.50. The highest BCUT2D eigenvalue weighted by Crippen LogP contribution is 2.48. The molecule has 0 aliphatic heterocycles. The second kappa shape index (κ2) is 5.31. The van der Waals surface area contributed by atoms with Crippen molar-refractivity contribution >= 4 is 11.6 Å². The Morgan fingerprint density at radius 3 is 1.96 bits per heavy atom. The van der Waals surface area contributed by atoms with Gasteiger partial charge in [-0.3, -0.25) is 9.59 Å². The lowest BCUT2D eigenvalue weighted by molar-refractivity contribution is -0.135. The number of ketones is 2. The summed E-state index contributed by atoms with van der Waals surface area (Å²) in [6, 6.07) is 0. The highest BCUT2D eigenvalue weighted by molar-refractivity contribution is 6.26. The summed E-state index contributed by atoms with van der Waals surface area (Å²) < 4.78 is 0. The Morgan fingerprint density at radius 1 is 1.00 bits per heavy atom. The van der Waals surface area contributed by atoms with E-state index in [2.05, 4.69) is 5.32 Å². The Kier molecular flexibility index (Phi) is 3.70. The molecule has 7 nitrogen and oxygen atoms in total. The summed E-state index contributed by atoms with van der Waals surface area (Å²) in [5, 5.41) is 45.0. The lowest BCUT2D eigenvalue weighted by atomic mass is 9.69. The number of aromatic hydroxyl groups is 2. The first-order chi connectivity index (χ1) is 11.5. The molecule has 0 amide bonds. The molecule has 25 heavy (non-hydrogen) atoms. The second-order valence-corrected chi connectivity index (χ2v) is 7.09. The minimum atomic E-state index is -1.57. The molecule has 0 aromatic heterocycles. The molecule has 0 fully saturated rings. The van der Waals surface area contributed by atoms with Gasteiger partial charge in [0.1, 0.15) is 11.5 Å². The van der Waals surface area contributed by atoms with Gasteiger partial charge in [-0.15, -0.1) is 0 Å². The number of carbonyl (C=O) groups is 2. The van der Waals surface area contributed by atoms with Gasteiger partial charge < -0.3 is 25.7 Å². The molecule has 0 spiro atoms. The monoisotopic (exact) mass is 347 g/mol. The van der Waals surface area contributed by atoms with E-state index in [1.807, 2.05) is 0 Å². The maximum Gasteiger partial charge on any atom is 0.213 e. The number of hydrogen-bond acceptors (Lipinski definition) is 7. The van der Waals surface area contributed by atoms with Crippen LogP contribution in [0.15, 0.2) is 11.8 Å². The summed E-state index contributed by atoms with van der Waals surface area (Å²) >= 11 is 0. The van der Waals surface area contributed by atoms with Crippen molar-refractivity contribution in [2.75, 3.05) is 6.54 Å². The standard InChI is InChI=1S/C18H21NO6/c1-4-19-10-5-11(20)12-13(16(10)23)15(22)9-7-18(3,25)17(2,24)6-8(9)14(12)21/h5,19,21-22,24-25H,4,6-7H2,1-3H3/t17-,18+/m1/s1. The molecule has 0 bridgehead atoms. The molecular formula is C18H21NO6. The summed E-state index contributed by atoms with van der Waals surface area (Å²) in [7, 11) is 0. The molecule has 0 radical (unpaired) electrons. The molecule has 2 atom stereocenters. The first-order valence-corrected chi connectivity index (χ1v) is 8.10. The number of benzene rings is 1. The lowest BCUT2D eigenvalue weighted by Crippen LogP contribution is -2.55. The molecule has 2 aliphatic rings. The Balaban J connectivity index is 2.28. The van der Waals surface area contributed by atoms with E-state index >= 15 is 0 Å². The molecule has 1 aromatic rings. The molecule has 7 heteroatoms. The van der Waals surface area contributed by atoms with E-state index in [-0.39, 0.29) is 40.8 Å². The normalized spacial score (nSPS) is 28.3. The number of Topliss-reactive ketones (excluding diaryl/α,β-unsaturated/α-hetero) is 1. The van der Waals surface area contributed by atoms with E-state index in [0.29, 0.717) is 6.54 Å².